The molecule has 2 aromatic carbocycles. The summed E-state index contributed by atoms with van der Waals surface area (Å²) in [5, 5.41) is 13.5. The highest BCUT2D eigenvalue weighted by atomic mass is 32.2. The van der Waals surface area contributed by atoms with E-state index in [1.807, 2.05) is 19.0 Å². The summed E-state index contributed by atoms with van der Waals surface area (Å²) < 4.78 is 29.6. The smallest absolute Gasteiger partial charge is 0.414 e. The minimum Gasteiger partial charge on any atom is -0.444 e. The Morgan fingerprint density at radius 2 is 1.74 bits per heavy atom. The first-order chi connectivity index (χ1) is 15.9. The lowest BCUT2D eigenvalue weighted by molar-refractivity contribution is -0.384. The Kier molecular flexibility index (Phi) is 9.10. The van der Waals surface area contributed by atoms with Gasteiger partial charge in [0.25, 0.3) is 5.69 Å². The monoisotopic (exact) mass is 492 g/mol. The van der Waals surface area contributed by atoms with Gasteiger partial charge in [-0.05, 0) is 55.6 Å². The molecule has 1 N–H and O–H groups in total. The molecule has 0 fully saturated rings. The Hall–Kier alpha value is -3.51. The van der Waals surface area contributed by atoms with Crippen molar-refractivity contribution in [3.05, 3.63) is 63.7 Å². The lowest BCUT2D eigenvalue weighted by atomic mass is 10.1. The molecule has 0 saturated heterocycles. The van der Waals surface area contributed by atoms with Gasteiger partial charge in [0.15, 0.2) is 9.84 Å². The fourth-order valence-electron chi connectivity index (χ4n) is 2.99. The van der Waals surface area contributed by atoms with Crippen LogP contribution in [0.3, 0.4) is 0 Å². The van der Waals surface area contributed by atoms with Crippen molar-refractivity contribution < 1.29 is 27.7 Å². The summed E-state index contributed by atoms with van der Waals surface area (Å²) in [5.74, 6) is -0.340. The number of nitrogens with zero attached hydrogens (tertiary/aromatic N) is 3. The molecular formula is C22H28N4O7S. The van der Waals surface area contributed by atoms with Crippen molar-refractivity contribution >= 4 is 33.2 Å². The molecule has 11 nitrogen and oxygen atoms in total. The Morgan fingerprint density at radius 3 is 2.29 bits per heavy atom. The van der Waals surface area contributed by atoms with E-state index in [0.717, 1.165) is 6.26 Å². The third kappa shape index (κ3) is 7.81. The number of likely N-dealkylation sites (N-methyl/N-ethyl adjacent to an activating group) is 1. The number of amides is 2. The van der Waals surface area contributed by atoms with Gasteiger partial charge in [-0.25, -0.2) is 13.2 Å². The van der Waals surface area contributed by atoms with Crippen LogP contribution in [0.25, 0.3) is 0 Å². The molecule has 0 heterocycles. The molecule has 184 valence electrons. The Morgan fingerprint density at radius 1 is 1.09 bits per heavy atom. The molecule has 2 rings (SSSR count). The molecule has 0 spiro atoms. The number of sulfone groups is 1. The number of anilines is 1. The van der Waals surface area contributed by atoms with Crippen LogP contribution in [0.15, 0.2) is 47.4 Å². The van der Waals surface area contributed by atoms with E-state index >= 15 is 0 Å². The maximum Gasteiger partial charge on any atom is 0.414 e. The summed E-state index contributed by atoms with van der Waals surface area (Å²) in [6.07, 6.45) is 0.166. The molecule has 2 aromatic rings. The van der Waals surface area contributed by atoms with E-state index in [1.54, 1.807) is 0 Å². The zero-order valence-electron chi connectivity index (χ0n) is 19.5. The van der Waals surface area contributed by atoms with Gasteiger partial charge < -0.3 is 15.0 Å². The number of ether oxygens (including phenoxy) is 1. The summed E-state index contributed by atoms with van der Waals surface area (Å²) in [6, 6.07) is 9.87. The second kappa shape index (κ2) is 11.6. The number of nitro benzene ring substituents is 1. The Bertz CT molecular complexity index is 1150. The van der Waals surface area contributed by atoms with Crippen LogP contribution >= 0.6 is 0 Å². The topological polar surface area (TPSA) is 139 Å². The van der Waals surface area contributed by atoms with Crippen LogP contribution in [0.4, 0.5) is 16.2 Å². The fraction of sp³-hybridized carbons (Fsp3) is 0.364. The molecule has 0 aromatic heterocycles. The maximum absolute atomic E-state index is 12.5. The molecule has 2 amide bonds. The molecule has 0 aliphatic heterocycles. The molecule has 0 saturated carbocycles. The number of benzene rings is 2. The maximum atomic E-state index is 12.5. The second-order valence-corrected chi connectivity index (χ2v) is 9.92. The third-order valence-electron chi connectivity index (χ3n) is 4.85. The first kappa shape index (κ1) is 26.7. The van der Waals surface area contributed by atoms with Crippen molar-refractivity contribution in [1.82, 2.24) is 10.2 Å². The van der Waals surface area contributed by atoms with Gasteiger partial charge in [0.2, 0.25) is 5.91 Å². The lowest BCUT2D eigenvalue weighted by Crippen LogP contribution is -2.32. The SMILES string of the molecule is CN(C)CCNC(=O)Cc1cc(N(C)C(=O)OCc2ccc([N+](=O)[O-])cc2)ccc1S(C)(=O)=O. The van der Waals surface area contributed by atoms with Gasteiger partial charge in [0.1, 0.15) is 6.61 Å². The molecule has 0 atom stereocenters. The van der Waals surface area contributed by atoms with Crippen LogP contribution in [0.1, 0.15) is 11.1 Å². The number of hydrogen-bond donors (Lipinski definition) is 1. The average molecular weight is 493 g/mol. The van der Waals surface area contributed by atoms with Crippen molar-refractivity contribution in [2.24, 2.45) is 0 Å². The van der Waals surface area contributed by atoms with Crippen LogP contribution in [0, 0.1) is 10.1 Å². The van der Waals surface area contributed by atoms with Crippen molar-refractivity contribution in [2.75, 3.05) is 45.4 Å². The average Bonchev–Trinajstić information content (AvgIpc) is 2.76. The largest absolute Gasteiger partial charge is 0.444 e. The summed E-state index contributed by atoms with van der Waals surface area (Å²) in [4.78, 5) is 38.2. The summed E-state index contributed by atoms with van der Waals surface area (Å²) in [6.45, 7) is 0.937. The molecule has 12 heteroatoms. The third-order valence-corrected chi connectivity index (χ3v) is 6.04. The number of hydrogen-bond acceptors (Lipinski definition) is 8. The minimum atomic E-state index is -3.60. The van der Waals surface area contributed by atoms with Gasteiger partial charge in [-0.3, -0.25) is 19.8 Å². The van der Waals surface area contributed by atoms with Crippen molar-refractivity contribution in [3.8, 4) is 0 Å². The van der Waals surface area contributed by atoms with Crippen molar-refractivity contribution in [2.45, 2.75) is 17.9 Å². The zero-order valence-corrected chi connectivity index (χ0v) is 20.3. The number of nitro groups is 1. The second-order valence-electron chi connectivity index (χ2n) is 7.93. The van der Waals surface area contributed by atoms with Crippen LogP contribution in [-0.4, -0.2) is 70.7 Å². The fourth-order valence-corrected chi connectivity index (χ4v) is 3.91. The highest BCUT2D eigenvalue weighted by Crippen LogP contribution is 2.24. The molecule has 0 aliphatic carbocycles. The van der Waals surface area contributed by atoms with Gasteiger partial charge in [0, 0.05) is 44.2 Å². The predicted molar refractivity (Wildman–Crippen MR) is 127 cm³/mol. The molecular weight excluding hydrogens is 464 g/mol. The predicted octanol–water partition coefficient (Wildman–Crippen LogP) is 1.99. The van der Waals surface area contributed by atoms with Crippen LogP contribution in [-0.2, 0) is 32.4 Å². The first-order valence-corrected chi connectivity index (χ1v) is 12.2. The van der Waals surface area contributed by atoms with Gasteiger partial charge in [-0.2, -0.15) is 0 Å². The van der Waals surface area contributed by atoms with Crippen molar-refractivity contribution in [3.63, 3.8) is 0 Å². The quantitative estimate of drug-likeness (QED) is 0.392. The van der Waals surface area contributed by atoms with E-state index < -0.39 is 20.9 Å². The highest BCUT2D eigenvalue weighted by molar-refractivity contribution is 7.90. The number of nitrogens with one attached hydrogen (secondary N) is 1. The van der Waals surface area contributed by atoms with E-state index in [-0.39, 0.29) is 35.1 Å². The zero-order chi connectivity index (χ0) is 25.5. The van der Waals surface area contributed by atoms with E-state index in [0.29, 0.717) is 24.3 Å². The highest BCUT2D eigenvalue weighted by Gasteiger charge is 2.20. The summed E-state index contributed by atoms with van der Waals surface area (Å²) in [5.41, 5.74) is 1.10. The van der Waals surface area contributed by atoms with Gasteiger partial charge in [0.05, 0.1) is 16.2 Å². The van der Waals surface area contributed by atoms with Crippen LogP contribution in [0.2, 0.25) is 0 Å². The lowest BCUT2D eigenvalue weighted by Gasteiger charge is -2.19. The standard InChI is InChI=1S/C22H28N4O7S/c1-24(2)12-11-23-21(27)14-17-13-19(9-10-20(17)34(4,31)32)25(3)22(28)33-15-16-5-7-18(8-6-16)26(29)30/h5-10,13H,11-12,14-15H2,1-4H3,(H,23,27). The van der Waals surface area contributed by atoms with Crippen LogP contribution in [0.5, 0.6) is 0 Å². The van der Waals surface area contributed by atoms with Crippen LogP contribution < -0.4 is 10.2 Å². The van der Waals surface area contributed by atoms with E-state index in [1.165, 1.54) is 54.4 Å². The number of carbonyl (C=O) groups excluding carboxylic acids is 2. The number of non-ortho nitro benzene ring substituents is 1. The van der Waals surface area contributed by atoms with Gasteiger partial charge >= 0.3 is 6.09 Å². The van der Waals surface area contributed by atoms with E-state index in [2.05, 4.69) is 5.32 Å². The first-order valence-electron chi connectivity index (χ1n) is 10.3. The normalized spacial score (nSPS) is 11.2. The van der Waals surface area contributed by atoms with Gasteiger partial charge in [-0.1, -0.05) is 0 Å². The summed E-state index contributed by atoms with van der Waals surface area (Å²) >= 11 is 0. The molecule has 0 bridgehead atoms. The van der Waals surface area contributed by atoms with Crippen molar-refractivity contribution in [1.29, 1.82) is 0 Å². The molecule has 0 radical (unpaired) electrons. The summed E-state index contributed by atoms with van der Waals surface area (Å²) in [7, 11) is 1.59. The minimum absolute atomic E-state index is 0.00616. The molecule has 34 heavy (non-hydrogen) atoms. The molecule has 0 aliphatic rings. The Balaban J connectivity index is 2.13. The number of carbonyl (C=O) groups is 2. The number of rotatable bonds is 10. The Labute approximate surface area is 198 Å². The van der Waals surface area contributed by atoms with E-state index in [9.17, 15) is 28.1 Å². The molecule has 0 unspecified atom stereocenters. The van der Waals surface area contributed by atoms with Gasteiger partial charge in [-0.15, -0.1) is 0 Å². The van der Waals surface area contributed by atoms with E-state index in [4.69, 9.17) is 4.74 Å².